The van der Waals surface area contributed by atoms with E-state index >= 15 is 0 Å². The van der Waals surface area contributed by atoms with Crippen LogP contribution in [0.25, 0.3) is 0 Å². The summed E-state index contributed by atoms with van der Waals surface area (Å²) in [7, 11) is 0. The first-order chi connectivity index (χ1) is 16.8. The molecule has 1 aromatic rings. The molecule has 2 bridgehead atoms. The number of Topliss-reactive ketones (excluding diaryl/α,β-unsaturated/α-hetero) is 1. The Kier molecular flexibility index (Phi) is 8.30. The molecule has 0 radical (unpaired) electrons. The number of carbonyl (C=O) groups is 3. The summed E-state index contributed by atoms with van der Waals surface area (Å²) in [5, 5.41) is 21.0. The number of rotatable bonds is 8. The number of aliphatic carboxylic acids is 1. The molecule has 4 N–H and O–H groups in total. The van der Waals surface area contributed by atoms with E-state index in [1.807, 2.05) is 39.8 Å². The highest BCUT2D eigenvalue weighted by Crippen LogP contribution is 2.59. The number of hydrogen-bond donors (Lipinski definition) is 3. The number of carboxylic acids is 1. The highest BCUT2D eigenvalue weighted by molar-refractivity contribution is 8.00. The number of hydrogen-bond acceptors (Lipinski definition) is 7. The van der Waals surface area contributed by atoms with Crippen LogP contribution in [0.15, 0.2) is 41.8 Å². The average molecular weight is 518 g/mol. The van der Waals surface area contributed by atoms with Crippen molar-refractivity contribution in [3.8, 4) is 0 Å². The maximum atomic E-state index is 14.4. The number of fused-ring (bicyclic) bond motifs is 2. The van der Waals surface area contributed by atoms with E-state index in [-0.39, 0.29) is 36.7 Å². The minimum absolute atomic E-state index is 0.0481. The number of aliphatic hydroxyl groups is 1. The molecule has 0 aromatic heterocycles. The summed E-state index contributed by atoms with van der Waals surface area (Å²) in [5.41, 5.74) is 3.56. The second kappa shape index (κ2) is 10.6. The normalized spacial score (nSPS) is 36.4. The van der Waals surface area contributed by atoms with Crippen LogP contribution in [-0.4, -0.2) is 45.9 Å². The zero-order chi connectivity index (χ0) is 26.9. The molecule has 0 spiro atoms. The fourth-order valence-electron chi connectivity index (χ4n) is 6.25. The highest BCUT2D eigenvalue weighted by atomic mass is 32.2. The standard InChI is InChI=1S/C28H39NO6S/c1-6-26(4)15-21(35-23(32)16-36-20-9-7-8-19(29)14-20)27(5)17(2)10-12-28(25(27)34,13-11-22(30)31)18(3)24(26)33/h6-9,14,17-18,21,24,33H,1,10-13,15-16,29H2,2-5H3,(H,30,31)/t17?,18?,21-,24+,26-,27-,28-/m1/s1. The Balaban J connectivity index is 1.98. The fraction of sp³-hybridized carbons (Fsp3) is 0.607. The van der Waals surface area contributed by atoms with E-state index in [0.717, 1.165) is 4.90 Å². The van der Waals surface area contributed by atoms with Gasteiger partial charge in [-0.05, 0) is 62.6 Å². The lowest BCUT2D eigenvalue weighted by molar-refractivity contribution is -0.191. The molecule has 2 saturated carbocycles. The van der Waals surface area contributed by atoms with Crippen LogP contribution in [0.2, 0.25) is 0 Å². The Labute approximate surface area is 217 Å². The summed E-state index contributed by atoms with van der Waals surface area (Å²) in [5.74, 6) is -2.05. The summed E-state index contributed by atoms with van der Waals surface area (Å²) in [6.07, 6.45) is 1.33. The van der Waals surface area contributed by atoms with Crippen LogP contribution in [0.4, 0.5) is 5.69 Å². The van der Waals surface area contributed by atoms with Gasteiger partial charge in [0.2, 0.25) is 0 Å². The quantitative estimate of drug-likeness (QED) is 0.196. The zero-order valence-electron chi connectivity index (χ0n) is 21.7. The molecule has 0 aliphatic heterocycles. The average Bonchev–Trinajstić information content (AvgIpc) is 2.84. The maximum absolute atomic E-state index is 14.4. The van der Waals surface area contributed by atoms with Crippen molar-refractivity contribution in [2.45, 2.75) is 76.9 Å². The Hall–Kier alpha value is -2.32. The number of ether oxygens (including phenoxy) is 1. The van der Waals surface area contributed by atoms with Gasteiger partial charge in [0.1, 0.15) is 11.9 Å². The molecule has 0 saturated heterocycles. The van der Waals surface area contributed by atoms with Gasteiger partial charge in [-0.25, -0.2) is 0 Å². The number of esters is 1. The summed E-state index contributed by atoms with van der Waals surface area (Å²) in [6.45, 7) is 11.5. The Morgan fingerprint density at radius 1 is 1.31 bits per heavy atom. The van der Waals surface area contributed by atoms with Crippen LogP contribution >= 0.6 is 11.8 Å². The molecule has 7 nitrogen and oxygen atoms in total. The van der Waals surface area contributed by atoms with Gasteiger partial charge in [0.25, 0.3) is 0 Å². The smallest absolute Gasteiger partial charge is 0.316 e. The van der Waals surface area contributed by atoms with Gasteiger partial charge in [0.05, 0.1) is 17.3 Å². The topological polar surface area (TPSA) is 127 Å². The molecule has 8 heteroatoms. The number of anilines is 1. The van der Waals surface area contributed by atoms with Crippen LogP contribution in [0.1, 0.15) is 59.8 Å². The largest absolute Gasteiger partial charge is 0.481 e. The first-order valence-corrected chi connectivity index (χ1v) is 13.5. The predicted octanol–water partition coefficient (Wildman–Crippen LogP) is 4.72. The second-order valence-corrected chi connectivity index (χ2v) is 12.1. The molecule has 0 heterocycles. The van der Waals surface area contributed by atoms with E-state index in [4.69, 9.17) is 10.5 Å². The first-order valence-electron chi connectivity index (χ1n) is 12.6. The Morgan fingerprint density at radius 2 is 2.00 bits per heavy atom. The molecule has 2 fully saturated rings. The van der Waals surface area contributed by atoms with Gasteiger partial charge in [-0.2, -0.15) is 0 Å². The molecular formula is C28H39NO6S. The molecule has 36 heavy (non-hydrogen) atoms. The van der Waals surface area contributed by atoms with E-state index < -0.39 is 46.3 Å². The molecule has 3 rings (SSSR count). The molecule has 0 amide bonds. The lowest BCUT2D eigenvalue weighted by Crippen LogP contribution is -2.64. The minimum atomic E-state index is -1.02. The van der Waals surface area contributed by atoms with Gasteiger partial charge >= 0.3 is 11.9 Å². The van der Waals surface area contributed by atoms with Gasteiger partial charge in [-0.3, -0.25) is 14.4 Å². The van der Waals surface area contributed by atoms with Crippen molar-refractivity contribution in [2.75, 3.05) is 11.5 Å². The monoisotopic (exact) mass is 517 g/mol. The van der Waals surface area contributed by atoms with E-state index in [2.05, 4.69) is 6.58 Å². The minimum Gasteiger partial charge on any atom is -0.481 e. The number of nitrogen functional groups attached to an aromatic ring is 1. The van der Waals surface area contributed by atoms with E-state index in [0.29, 0.717) is 18.5 Å². The van der Waals surface area contributed by atoms with E-state index in [1.54, 1.807) is 18.2 Å². The van der Waals surface area contributed by atoms with Crippen LogP contribution in [0.5, 0.6) is 0 Å². The highest BCUT2D eigenvalue weighted by Gasteiger charge is 2.64. The first kappa shape index (κ1) is 28.3. The number of nitrogens with two attached hydrogens (primary N) is 1. The third-order valence-corrected chi connectivity index (χ3v) is 10.0. The summed E-state index contributed by atoms with van der Waals surface area (Å²) < 4.78 is 6.07. The molecule has 2 aliphatic carbocycles. The molecule has 198 valence electrons. The van der Waals surface area contributed by atoms with Crippen molar-refractivity contribution in [3.63, 3.8) is 0 Å². The summed E-state index contributed by atoms with van der Waals surface area (Å²) in [6, 6.07) is 7.23. The molecular weight excluding hydrogens is 478 g/mol. The van der Waals surface area contributed by atoms with Crippen LogP contribution < -0.4 is 5.73 Å². The van der Waals surface area contributed by atoms with Crippen molar-refractivity contribution in [1.82, 2.24) is 0 Å². The zero-order valence-corrected chi connectivity index (χ0v) is 22.5. The lowest BCUT2D eigenvalue weighted by Gasteiger charge is -2.58. The number of benzene rings is 1. The van der Waals surface area contributed by atoms with Crippen molar-refractivity contribution in [1.29, 1.82) is 0 Å². The van der Waals surface area contributed by atoms with Crippen LogP contribution in [0, 0.1) is 28.1 Å². The SMILES string of the molecule is C=C[C@]1(C)C[C@@H](OC(=O)CSc2cccc(N)c2)[C@]2(C)C(=O)[C@@](CCC(=O)O)(CCC2C)C(C)[C@@H]1O. The molecule has 1 aromatic carbocycles. The van der Waals surface area contributed by atoms with Crippen molar-refractivity contribution in [3.05, 3.63) is 36.9 Å². The fourth-order valence-corrected chi connectivity index (χ4v) is 7.00. The summed E-state index contributed by atoms with van der Waals surface area (Å²) >= 11 is 1.31. The van der Waals surface area contributed by atoms with Gasteiger partial charge in [-0.15, -0.1) is 18.3 Å². The van der Waals surface area contributed by atoms with Crippen molar-refractivity contribution < 1.29 is 29.3 Å². The van der Waals surface area contributed by atoms with Crippen LogP contribution in [0.3, 0.4) is 0 Å². The number of aliphatic hydroxyl groups excluding tert-OH is 1. The maximum Gasteiger partial charge on any atom is 0.316 e. The van der Waals surface area contributed by atoms with Gasteiger partial charge in [0.15, 0.2) is 0 Å². The Bertz CT molecular complexity index is 1030. The van der Waals surface area contributed by atoms with Crippen molar-refractivity contribution >= 4 is 35.2 Å². The molecule has 2 unspecified atom stereocenters. The molecule has 2 aliphatic rings. The van der Waals surface area contributed by atoms with E-state index in [9.17, 15) is 24.6 Å². The predicted molar refractivity (Wildman–Crippen MR) is 140 cm³/mol. The number of carbonyl (C=O) groups excluding carboxylic acids is 2. The number of thioether (sulfide) groups is 1. The van der Waals surface area contributed by atoms with Crippen LogP contribution in [-0.2, 0) is 19.1 Å². The number of carboxylic acid groups (broad SMARTS) is 1. The van der Waals surface area contributed by atoms with Gasteiger partial charge < -0.3 is 20.7 Å². The second-order valence-electron chi connectivity index (χ2n) is 11.1. The van der Waals surface area contributed by atoms with Gasteiger partial charge in [-0.1, -0.05) is 32.9 Å². The molecule has 7 atom stereocenters. The van der Waals surface area contributed by atoms with Gasteiger partial charge in [0, 0.05) is 27.8 Å². The third kappa shape index (κ3) is 5.07. The Morgan fingerprint density at radius 3 is 2.61 bits per heavy atom. The summed E-state index contributed by atoms with van der Waals surface area (Å²) in [4.78, 5) is 39.8. The number of ketones is 1. The van der Waals surface area contributed by atoms with Crippen molar-refractivity contribution in [2.24, 2.45) is 28.1 Å². The lowest BCUT2D eigenvalue weighted by atomic mass is 9.46. The third-order valence-electron chi connectivity index (χ3n) is 9.04. The van der Waals surface area contributed by atoms with E-state index in [1.165, 1.54) is 11.8 Å².